The largest absolute Gasteiger partial charge is 0.507 e. The molecule has 134 valence electrons. The number of aromatic nitrogens is 1. The molecule has 0 saturated heterocycles. The number of hydrogen-bond donors (Lipinski definition) is 1. The Morgan fingerprint density at radius 2 is 1.67 bits per heavy atom. The number of para-hydroxylation sites is 1. The van der Waals surface area contributed by atoms with Crippen LogP contribution in [0.4, 0.5) is 0 Å². The Labute approximate surface area is 158 Å². The maximum Gasteiger partial charge on any atom is 0.130 e. The lowest BCUT2D eigenvalue weighted by molar-refractivity contribution is 0.303. The minimum Gasteiger partial charge on any atom is -0.507 e. The van der Waals surface area contributed by atoms with Crippen molar-refractivity contribution < 1.29 is 9.84 Å². The first-order chi connectivity index (χ1) is 13.2. The highest BCUT2D eigenvalue weighted by atomic mass is 16.5. The predicted molar refractivity (Wildman–Crippen MR) is 111 cm³/mol. The number of phenols is 1. The van der Waals surface area contributed by atoms with E-state index in [-0.39, 0.29) is 5.75 Å². The van der Waals surface area contributed by atoms with Gasteiger partial charge >= 0.3 is 0 Å². The topological polar surface area (TPSA) is 34.4 Å². The van der Waals surface area contributed by atoms with Crippen LogP contribution in [0.5, 0.6) is 11.5 Å². The minimum atomic E-state index is 0.204. The van der Waals surface area contributed by atoms with E-state index in [9.17, 15) is 5.11 Å². The second kappa shape index (κ2) is 7.42. The third-order valence-corrected chi connectivity index (χ3v) is 4.69. The fourth-order valence-electron chi connectivity index (χ4n) is 3.20. The average Bonchev–Trinajstić information content (AvgIpc) is 3.02. The van der Waals surface area contributed by atoms with E-state index < -0.39 is 0 Å². The van der Waals surface area contributed by atoms with Gasteiger partial charge in [-0.15, -0.1) is 0 Å². The summed E-state index contributed by atoms with van der Waals surface area (Å²) in [4.78, 5) is 0. The summed E-state index contributed by atoms with van der Waals surface area (Å²) >= 11 is 0. The van der Waals surface area contributed by atoms with Crippen LogP contribution in [0.1, 0.15) is 16.8 Å². The maximum atomic E-state index is 10.3. The molecule has 0 unspecified atom stereocenters. The van der Waals surface area contributed by atoms with E-state index in [4.69, 9.17) is 4.74 Å². The lowest BCUT2D eigenvalue weighted by Crippen LogP contribution is -1.97. The van der Waals surface area contributed by atoms with E-state index in [0.717, 1.165) is 11.3 Å². The number of hydrogen-bond acceptors (Lipinski definition) is 2. The van der Waals surface area contributed by atoms with Gasteiger partial charge in [-0.2, -0.15) is 0 Å². The van der Waals surface area contributed by atoms with Crippen LogP contribution in [0.15, 0.2) is 78.9 Å². The molecule has 3 heteroatoms. The van der Waals surface area contributed by atoms with Crippen LogP contribution in [0, 0.1) is 0 Å². The van der Waals surface area contributed by atoms with Crippen molar-refractivity contribution >= 4 is 23.1 Å². The van der Waals surface area contributed by atoms with Gasteiger partial charge in [0.05, 0.1) is 5.56 Å². The molecule has 1 heterocycles. The van der Waals surface area contributed by atoms with Gasteiger partial charge < -0.3 is 14.4 Å². The van der Waals surface area contributed by atoms with Gasteiger partial charge in [0.1, 0.15) is 18.1 Å². The van der Waals surface area contributed by atoms with Crippen LogP contribution in [-0.2, 0) is 13.7 Å². The average molecular weight is 355 g/mol. The van der Waals surface area contributed by atoms with Crippen molar-refractivity contribution in [2.75, 3.05) is 0 Å². The SMILES string of the molecule is Cn1c(C=Cc2c(O)cccc2OCc2ccccc2)cc2ccccc21. The fourth-order valence-corrected chi connectivity index (χ4v) is 3.20. The molecule has 4 aromatic rings. The highest BCUT2D eigenvalue weighted by Crippen LogP contribution is 2.31. The highest BCUT2D eigenvalue weighted by molar-refractivity contribution is 5.86. The monoisotopic (exact) mass is 355 g/mol. The Kier molecular flexibility index (Phi) is 4.67. The summed E-state index contributed by atoms with van der Waals surface area (Å²) in [5.74, 6) is 0.865. The van der Waals surface area contributed by atoms with Gasteiger partial charge in [-0.05, 0) is 42.0 Å². The summed E-state index contributed by atoms with van der Waals surface area (Å²) < 4.78 is 8.10. The van der Waals surface area contributed by atoms with Gasteiger partial charge in [0, 0.05) is 23.6 Å². The molecule has 3 nitrogen and oxygen atoms in total. The van der Waals surface area contributed by atoms with Crippen molar-refractivity contribution in [3.8, 4) is 11.5 Å². The summed E-state index contributed by atoms with van der Waals surface area (Å²) in [7, 11) is 2.04. The minimum absolute atomic E-state index is 0.204. The first-order valence-electron chi connectivity index (χ1n) is 8.93. The molecule has 4 rings (SSSR count). The molecule has 0 aliphatic rings. The van der Waals surface area contributed by atoms with Crippen LogP contribution in [-0.4, -0.2) is 9.67 Å². The van der Waals surface area contributed by atoms with Crippen LogP contribution in [0.2, 0.25) is 0 Å². The van der Waals surface area contributed by atoms with Gasteiger partial charge in [0.2, 0.25) is 0 Å². The zero-order chi connectivity index (χ0) is 18.6. The van der Waals surface area contributed by atoms with Gasteiger partial charge in [-0.3, -0.25) is 0 Å². The lowest BCUT2D eigenvalue weighted by Gasteiger charge is -2.11. The third-order valence-electron chi connectivity index (χ3n) is 4.69. The first-order valence-corrected chi connectivity index (χ1v) is 8.93. The van der Waals surface area contributed by atoms with Crippen molar-refractivity contribution in [1.82, 2.24) is 4.57 Å². The Morgan fingerprint density at radius 1 is 0.889 bits per heavy atom. The number of aromatic hydroxyl groups is 1. The normalized spacial score (nSPS) is 11.3. The molecule has 3 aromatic carbocycles. The molecule has 0 bridgehead atoms. The molecular formula is C24H21NO2. The number of fused-ring (bicyclic) bond motifs is 1. The van der Waals surface area contributed by atoms with Crippen LogP contribution < -0.4 is 4.74 Å². The number of phenolic OH excluding ortho intramolecular Hbond substituents is 1. The number of nitrogens with zero attached hydrogens (tertiary/aromatic N) is 1. The maximum absolute atomic E-state index is 10.3. The van der Waals surface area contributed by atoms with Crippen LogP contribution in [0.25, 0.3) is 23.1 Å². The predicted octanol–water partition coefficient (Wildman–Crippen LogP) is 5.63. The summed E-state index contributed by atoms with van der Waals surface area (Å²) in [6, 6.07) is 25.8. The smallest absolute Gasteiger partial charge is 0.130 e. The van der Waals surface area contributed by atoms with E-state index in [1.807, 2.05) is 67.7 Å². The number of aryl methyl sites for hydroxylation is 1. The zero-order valence-electron chi connectivity index (χ0n) is 15.2. The molecule has 0 aliphatic carbocycles. The number of benzene rings is 3. The standard InChI is InChI=1S/C24H21NO2/c1-25-20(16-19-10-5-6-11-22(19)25)14-15-21-23(26)12-7-13-24(21)27-17-18-8-3-2-4-9-18/h2-16,26H,17H2,1H3. The van der Waals surface area contributed by atoms with Gasteiger partial charge in [0.25, 0.3) is 0 Å². The van der Waals surface area contributed by atoms with E-state index in [2.05, 4.69) is 22.8 Å². The molecule has 0 amide bonds. The Morgan fingerprint density at radius 3 is 2.48 bits per heavy atom. The Bertz CT molecular complexity index is 1090. The summed E-state index contributed by atoms with van der Waals surface area (Å²) in [5.41, 5.74) is 4.01. The summed E-state index contributed by atoms with van der Waals surface area (Å²) in [6.45, 7) is 0.458. The van der Waals surface area contributed by atoms with Gasteiger partial charge in [-0.1, -0.05) is 54.6 Å². The van der Waals surface area contributed by atoms with Crippen molar-refractivity contribution in [2.24, 2.45) is 7.05 Å². The van der Waals surface area contributed by atoms with E-state index in [1.54, 1.807) is 12.1 Å². The van der Waals surface area contributed by atoms with E-state index in [1.165, 1.54) is 10.9 Å². The molecule has 1 N–H and O–H groups in total. The van der Waals surface area contributed by atoms with Crippen molar-refractivity contribution in [1.29, 1.82) is 0 Å². The molecule has 0 saturated carbocycles. The molecule has 0 atom stereocenters. The van der Waals surface area contributed by atoms with E-state index in [0.29, 0.717) is 17.9 Å². The Hall–Kier alpha value is -3.46. The third kappa shape index (κ3) is 3.58. The zero-order valence-corrected chi connectivity index (χ0v) is 15.2. The van der Waals surface area contributed by atoms with Crippen molar-refractivity contribution in [2.45, 2.75) is 6.61 Å². The molecule has 0 spiro atoms. The van der Waals surface area contributed by atoms with Gasteiger partial charge in [-0.25, -0.2) is 0 Å². The number of rotatable bonds is 5. The van der Waals surface area contributed by atoms with Crippen molar-refractivity contribution in [3.63, 3.8) is 0 Å². The van der Waals surface area contributed by atoms with Crippen molar-refractivity contribution in [3.05, 3.63) is 95.7 Å². The lowest BCUT2D eigenvalue weighted by atomic mass is 10.1. The molecule has 0 fully saturated rings. The van der Waals surface area contributed by atoms with Crippen LogP contribution in [0.3, 0.4) is 0 Å². The first kappa shape index (κ1) is 17.0. The number of ether oxygens (including phenoxy) is 1. The van der Waals surface area contributed by atoms with Crippen LogP contribution >= 0.6 is 0 Å². The molecule has 0 radical (unpaired) electrons. The summed E-state index contributed by atoms with van der Waals surface area (Å²) in [6.07, 6.45) is 3.91. The van der Waals surface area contributed by atoms with E-state index >= 15 is 0 Å². The second-order valence-corrected chi connectivity index (χ2v) is 6.48. The molecule has 0 aliphatic heterocycles. The molecule has 27 heavy (non-hydrogen) atoms. The molecule has 1 aromatic heterocycles. The highest BCUT2D eigenvalue weighted by Gasteiger charge is 2.08. The second-order valence-electron chi connectivity index (χ2n) is 6.48. The van der Waals surface area contributed by atoms with Gasteiger partial charge in [0.15, 0.2) is 0 Å². The fraction of sp³-hybridized carbons (Fsp3) is 0.0833. The quantitative estimate of drug-likeness (QED) is 0.503. The molecular weight excluding hydrogens is 334 g/mol. The summed E-state index contributed by atoms with van der Waals surface area (Å²) in [5, 5.41) is 11.5. The Balaban J connectivity index is 1.62.